The number of hydrogen-bond acceptors (Lipinski definition) is 2. The first-order valence-corrected chi connectivity index (χ1v) is 11.3. The highest BCUT2D eigenvalue weighted by Crippen LogP contribution is 2.36. The Balaban J connectivity index is 2.34. The molecule has 1 unspecified atom stereocenters. The van der Waals surface area contributed by atoms with Crippen LogP contribution in [0.1, 0.15) is 94.8 Å². The van der Waals surface area contributed by atoms with Crippen molar-refractivity contribution in [3.8, 4) is 0 Å². The van der Waals surface area contributed by atoms with Gasteiger partial charge in [-0.2, -0.15) is 0 Å². The highest BCUT2D eigenvalue weighted by molar-refractivity contribution is 7.24. The van der Waals surface area contributed by atoms with Crippen LogP contribution in [-0.2, 0) is 4.57 Å². The molecule has 150 valence electrons. The van der Waals surface area contributed by atoms with E-state index in [1.54, 1.807) is 0 Å². The van der Waals surface area contributed by atoms with Gasteiger partial charge in [-0.05, 0) is 61.9 Å². The Morgan fingerprint density at radius 3 is 2.29 bits per heavy atom. The third-order valence-corrected chi connectivity index (χ3v) is 6.65. The molecular formula is C25H33O2P. The van der Waals surface area contributed by atoms with E-state index in [9.17, 15) is 9.36 Å². The molecule has 2 nitrogen and oxygen atoms in total. The molecule has 0 N–H and O–H groups in total. The van der Waals surface area contributed by atoms with Gasteiger partial charge in [0, 0.05) is 11.1 Å². The normalized spacial score (nSPS) is 12.3. The summed E-state index contributed by atoms with van der Waals surface area (Å²) in [6, 6.07) is 9.81. The Morgan fingerprint density at radius 2 is 1.61 bits per heavy atom. The van der Waals surface area contributed by atoms with E-state index in [2.05, 4.69) is 26.8 Å². The number of unbranched alkanes of at least 4 members (excludes halogenated alkanes) is 4. The van der Waals surface area contributed by atoms with Crippen LogP contribution in [0.25, 0.3) is 0 Å². The van der Waals surface area contributed by atoms with Gasteiger partial charge in [0.2, 0.25) is 0 Å². The van der Waals surface area contributed by atoms with Crippen molar-refractivity contribution >= 4 is 14.2 Å². The third-order valence-electron chi connectivity index (χ3n) is 5.86. The number of aryl methyl sites for hydroxylation is 2. The molecule has 2 rings (SSSR count). The minimum Gasteiger partial charge on any atom is -0.289 e. The van der Waals surface area contributed by atoms with Crippen LogP contribution in [0, 0.1) is 27.7 Å². The Kier molecular flexibility index (Phi) is 8.58. The lowest BCUT2D eigenvalue weighted by Gasteiger charge is -2.18. The van der Waals surface area contributed by atoms with E-state index in [0.717, 1.165) is 41.5 Å². The average molecular weight is 397 g/mol. The van der Waals surface area contributed by atoms with Crippen LogP contribution < -0.4 is 0 Å². The smallest absolute Gasteiger partial charge is 0.193 e. The molecule has 1 atom stereocenters. The van der Waals surface area contributed by atoms with Gasteiger partial charge < -0.3 is 0 Å². The molecule has 0 aromatic heterocycles. The number of carbonyl (C=O) groups is 1. The molecule has 0 aliphatic rings. The van der Waals surface area contributed by atoms with Crippen LogP contribution >= 0.6 is 8.46 Å². The van der Waals surface area contributed by atoms with Crippen LogP contribution in [0.15, 0.2) is 30.3 Å². The minimum absolute atomic E-state index is 0.0494. The van der Waals surface area contributed by atoms with E-state index in [1.807, 2.05) is 38.1 Å². The molecule has 0 fully saturated rings. The summed E-state index contributed by atoms with van der Waals surface area (Å²) >= 11 is 0. The van der Waals surface area contributed by atoms with E-state index >= 15 is 0 Å². The van der Waals surface area contributed by atoms with E-state index in [-0.39, 0.29) is 19.9 Å². The first-order chi connectivity index (χ1) is 13.4. The number of hydrogen-bond donors (Lipinski definition) is 0. The van der Waals surface area contributed by atoms with Crippen LogP contribution in [0.5, 0.6) is 0 Å². The maximum atomic E-state index is 13.5. The fourth-order valence-electron chi connectivity index (χ4n) is 3.97. The summed E-state index contributed by atoms with van der Waals surface area (Å²) in [5.74, 6) is 0.0494. The fraction of sp³-hybridized carbons (Fsp3) is 0.480. The second-order valence-corrected chi connectivity index (χ2v) is 8.71. The molecular weight excluding hydrogens is 363 g/mol. The summed E-state index contributed by atoms with van der Waals surface area (Å²) in [5, 5.41) is 0. The minimum atomic E-state index is -0.117. The standard InChI is InChI=1S/C25H33O2P/c1-6-7-8-9-10-15-23(28-27)21-13-11-12-14-22(21)25(26)24-18(3)16-17(2)19(4)20(24)5/h11-14,16,23H,6-10,15H2,1-5H3. The zero-order valence-electron chi connectivity index (χ0n) is 18.0. The first-order valence-electron chi connectivity index (χ1n) is 10.5. The monoisotopic (exact) mass is 396 g/mol. The summed E-state index contributed by atoms with van der Waals surface area (Å²) in [7, 11) is 0.0993. The van der Waals surface area contributed by atoms with Crippen molar-refractivity contribution in [1.82, 2.24) is 0 Å². The zero-order valence-corrected chi connectivity index (χ0v) is 18.9. The van der Waals surface area contributed by atoms with E-state index in [0.29, 0.717) is 5.56 Å². The molecule has 28 heavy (non-hydrogen) atoms. The molecule has 0 aliphatic heterocycles. The molecule has 0 aliphatic carbocycles. The molecule has 2 aromatic rings. The molecule has 0 amide bonds. The molecule has 0 spiro atoms. The molecule has 0 saturated carbocycles. The predicted octanol–water partition coefficient (Wildman–Crippen LogP) is 7.84. The SMILES string of the molecule is CCCCCCCC(P=O)c1ccccc1C(=O)c1c(C)cc(C)c(C)c1C. The van der Waals surface area contributed by atoms with Gasteiger partial charge in [-0.15, -0.1) is 0 Å². The number of carbonyl (C=O) groups excluding carboxylic acids is 1. The summed E-state index contributed by atoms with van der Waals surface area (Å²) in [4.78, 5) is 13.5. The zero-order chi connectivity index (χ0) is 20.7. The quantitative estimate of drug-likeness (QED) is 0.233. The van der Waals surface area contributed by atoms with E-state index in [4.69, 9.17) is 0 Å². The van der Waals surface area contributed by atoms with Gasteiger partial charge in [0.1, 0.15) is 0 Å². The van der Waals surface area contributed by atoms with Crippen LogP contribution in [0.3, 0.4) is 0 Å². The van der Waals surface area contributed by atoms with E-state index < -0.39 is 0 Å². The van der Waals surface area contributed by atoms with Gasteiger partial charge in [-0.3, -0.25) is 9.36 Å². The van der Waals surface area contributed by atoms with Gasteiger partial charge in [-0.1, -0.05) is 69.4 Å². The maximum Gasteiger partial charge on any atom is 0.193 e. The summed E-state index contributed by atoms with van der Waals surface area (Å²) in [6.45, 7) is 10.4. The van der Waals surface area contributed by atoms with Crippen molar-refractivity contribution in [2.24, 2.45) is 0 Å². The van der Waals surface area contributed by atoms with Crippen LogP contribution in [-0.4, -0.2) is 5.78 Å². The lowest BCUT2D eigenvalue weighted by Crippen LogP contribution is -2.12. The van der Waals surface area contributed by atoms with Crippen molar-refractivity contribution in [3.05, 3.63) is 69.3 Å². The molecule has 3 heteroatoms. The van der Waals surface area contributed by atoms with Crippen molar-refractivity contribution in [3.63, 3.8) is 0 Å². The molecule has 0 saturated heterocycles. The van der Waals surface area contributed by atoms with Gasteiger partial charge in [-0.25, -0.2) is 0 Å². The van der Waals surface area contributed by atoms with E-state index in [1.165, 1.54) is 30.4 Å². The van der Waals surface area contributed by atoms with Gasteiger partial charge in [0.05, 0.1) is 5.66 Å². The summed E-state index contributed by atoms with van der Waals surface area (Å²) < 4.78 is 12.0. The highest BCUT2D eigenvalue weighted by Gasteiger charge is 2.23. The number of benzene rings is 2. The average Bonchev–Trinajstić information content (AvgIpc) is 2.69. The second kappa shape index (κ2) is 10.7. The van der Waals surface area contributed by atoms with Crippen molar-refractivity contribution in [2.45, 2.75) is 78.8 Å². The second-order valence-electron chi connectivity index (χ2n) is 7.88. The fourth-order valence-corrected chi connectivity index (χ4v) is 4.60. The largest absolute Gasteiger partial charge is 0.289 e. The molecule has 0 heterocycles. The maximum absolute atomic E-state index is 13.5. The Morgan fingerprint density at radius 1 is 0.929 bits per heavy atom. The van der Waals surface area contributed by atoms with Crippen molar-refractivity contribution in [2.75, 3.05) is 0 Å². The van der Waals surface area contributed by atoms with Crippen LogP contribution in [0.2, 0.25) is 0 Å². The Labute approximate surface area is 172 Å². The summed E-state index contributed by atoms with van der Waals surface area (Å²) in [6.07, 6.45) is 6.75. The van der Waals surface area contributed by atoms with Crippen LogP contribution in [0.4, 0.5) is 0 Å². The number of ketones is 1. The van der Waals surface area contributed by atoms with Crippen molar-refractivity contribution in [1.29, 1.82) is 0 Å². The van der Waals surface area contributed by atoms with Gasteiger partial charge in [0.15, 0.2) is 14.2 Å². The first kappa shape index (κ1) is 22.5. The van der Waals surface area contributed by atoms with Crippen molar-refractivity contribution < 1.29 is 9.36 Å². The highest BCUT2D eigenvalue weighted by atomic mass is 31.1. The Bertz CT molecular complexity index is 839. The van der Waals surface area contributed by atoms with Gasteiger partial charge in [0.25, 0.3) is 0 Å². The molecule has 0 radical (unpaired) electrons. The van der Waals surface area contributed by atoms with Gasteiger partial charge >= 0.3 is 0 Å². The Hall–Kier alpha value is -1.79. The summed E-state index contributed by atoms with van der Waals surface area (Å²) in [5.41, 5.74) is 6.72. The predicted molar refractivity (Wildman–Crippen MR) is 119 cm³/mol. The number of rotatable bonds is 10. The molecule has 0 bridgehead atoms. The molecule has 2 aromatic carbocycles. The topological polar surface area (TPSA) is 34.1 Å². The lowest BCUT2D eigenvalue weighted by atomic mass is 9.87. The third kappa shape index (κ3) is 5.17. The lowest BCUT2D eigenvalue weighted by molar-refractivity contribution is 0.103.